The molecule has 8 nitrogen and oxygen atoms in total. The van der Waals surface area contributed by atoms with Crippen molar-refractivity contribution >= 4 is 12.0 Å². The van der Waals surface area contributed by atoms with Gasteiger partial charge in [0.25, 0.3) is 0 Å². The molecule has 0 fully saturated rings. The summed E-state index contributed by atoms with van der Waals surface area (Å²) in [4.78, 5) is 25.6. The fourth-order valence-corrected chi connectivity index (χ4v) is 3.41. The lowest BCUT2D eigenvalue weighted by atomic mass is 10.00. The molecule has 1 aliphatic heterocycles. The highest BCUT2D eigenvalue weighted by Crippen LogP contribution is 2.27. The maximum atomic E-state index is 12.5. The summed E-state index contributed by atoms with van der Waals surface area (Å²) in [6.45, 7) is 7.64. The van der Waals surface area contributed by atoms with Gasteiger partial charge in [-0.25, -0.2) is 9.59 Å². The highest BCUT2D eigenvalue weighted by atomic mass is 16.5. The third-order valence-corrected chi connectivity index (χ3v) is 4.66. The van der Waals surface area contributed by atoms with Gasteiger partial charge in [-0.2, -0.15) is 0 Å². The number of benzene rings is 1. The number of carbonyl (C=O) groups is 2. The third-order valence-electron chi connectivity index (χ3n) is 4.66. The van der Waals surface area contributed by atoms with Crippen molar-refractivity contribution in [3.63, 3.8) is 0 Å². The van der Waals surface area contributed by atoms with Crippen LogP contribution in [0, 0.1) is 0 Å². The first-order chi connectivity index (χ1) is 13.9. The Kier molecular flexibility index (Phi) is 8.33. The van der Waals surface area contributed by atoms with E-state index < -0.39 is 5.97 Å². The predicted octanol–water partition coefficient (Wildman–Crippen LogP) is 1.02. The number of methoxy groups -OCH3 is 1. The minimum atomic E-state index is -0.391. The van der Waals surface area contributed by atoms with E-state index >= 15 is 0 Å². The summed E-state index contributed by atoms with van der Waals surface area (Å²) in [6, 6.07) is 5.19. The fourth-order valence-electron chi connectivity index (χ4n) is 3.41. The van der Waals surface area contributed by atoms with Crippen LogP contribution in [0.3, 0.4) is 0 Å². The maximum Gasteiger partial charge on any atom is 0.338 e. The van der Waals surface area contributed by atoms with Crippen LogP contribution in [-0.4, -0.2) is 52.0 Å². The van der Waals surface area contributed by atoms with Crippen molar-refractivity contribution in [3.8, 4) is 11.5 Å². The van der Waals surface area contributed by atoms with Gasteiger partial charge in [0.15, 0.2) is 11.5 Å². The Morgan fingerprint density at radius 2 is 1.90 bits per heavy atom. The number of hydrogen-bond acceptors (Lipinski definition) is 5. The second-order valence-corrected chi connectivity index (χ2v) is 6.90. The van der Waals surface area contributed by atoms with Gasteiger partial charge >= 0.3 is 12.0 Å². The van der Waals surface area contributed by atoms with E-state index in [1.165, 1.54) is 0 Å². The molecule has 0 aromatic heterocycles. The van der Waals surface area contributed by atoms with Gasteiger partial charge in [-0.1, -0.05) is 6.92 Å². The average Bonchev–Trinajstić information content (AvgIpc) is 2.68. The average molecular weight is 407 g/mol. The van der Waals surface area contributed by atoms with Crippen LogP contribution in [-0.2, 0) is 16.1 Å². The summed E-state index contributed by atoms with van der Waals surface area (Å²) in [6.07, 6.45) is 0.611. The van der Waals surface area contributed by atoms with Crippen molar-refractivity contribution in [2.45, 2.75) is 39.8 Å². The number of quaternary nitrogens is 1. The van der Waals surface area contributed by atoms with Crippen LogP contribution in [0.25, 0.3) is 0 Å². The summed E-state index contributed by atoms with van der Waals surface area (Å²) in [7, 11) is 3.62. The molecule has 1 aliphatic rings. The number of hydrogen-bond donors (Lipinski definition) is 3. The fraction of sp³-hybridized carbons (Fsp3) is 0.524. The lowest BCUT2D eigenvalue weighted by Gasteiger charge is -2.29. The van der Waals surface area contributed by atoms with Gasteiger partial charge in [0, 0.05) is 5.56 Å². The minimum Gasteiger partial charge on any atom is -0.493 e. The SMILES string of the molecule is CCOC(=O)C1=C(C[NH+](C)Cc2ccc(OCC)c(OC)c2)NC(=O)N[C@H]1CC. The number of nitrogens with one attached hydrogen (secondary N) is 3. The number of amides is 2. The van der Waals surface area contributed by atoms with Gasteiger partial charge in [0.2, 0.25) is 0 Å². The lowest BCUT2D eigenvalue weighted by Crippen LogP contribution is -3.08. The number of ether oxygens (including phenoxy) is 3. The summed E-state index contributed by atoms with van der Waals surface area (Å²) in [5.74, 6) is 1.00. The van der Waals surface area contributed by atoms with Crippen molar-refractivity contribution in [1.29, 1.82) is 0 Å². The molecule has 0 saturated heterocycles. The van der Waals surface area contributed by atoms with Gasteiger partial charge in [0.1, 0.15) is 13.1 Å². The highest BCUT2D eigenvalue weighted by Gasteiger charge is 2.32. The van der Waals surface area contributed by atoms with Crippen LogP contribution < -0.4 is 25.0 Å². The molecule has 160 valence electrons. The Labute approximate surface area is 172 Å². The van der Waals surface area contributed by atoms with E-state index in [9.17, 15) is 9.59 Å². The Morgan fingerprint density at radius 3 is 2.52 bits per heavy atom. The molecule has 3 N–H and O–H groups in total. The van der Waals surface area contributed by atoms with Crippen LogP contribution in [0.1, 0.15) is 32.8 Å². The van der Waals surface area contributed by atoms with E-state index in [0.717, 1.165) is 10.5 Å². The smallest absolute Gasteiger partial charge is 0.338 e. The third kappa shape index (κ3) is 5.87. The first-order valence-corrected chi connectivity index (χ1v) is 10.0. The zero-order valence-electron chi connectivity index (χ0n) is 17.9. The Bertz CT molecular complexity index is 763. The van der Waals surface area contributed by atoms with E-state index in [1.54, 1.807) is 14.0 Å². The molecule has 0 aliphatic carbocycles. The Hall–Kier alpha value is -2.74. The molecular weight excluding hydrogens is 374 g/mol. The normalized spacial score (nSPS) is 17.3. The number of rotatable bonds is 10. The predicted molar refractivity (Wildman–Crippen MR) is 109 cm³/mol. The van der Waals surface area contributed by atoms with E-state index in [1.807, 2.05) is 39.1 Å². The first-order valence-electron chi connectivity index (χ1n) is 10.0. The molecule has 0 bridgehead atoms. The van der Waals surface area contributed by atoms with Crippen molar-refractivity contribution in [3.05, 3.63) is 35.0 Å². The highest BCUT2D eigenvalue weighted by molar-refractivity contribution is 5.94. The van der Waals surface area contributed by atoms with Gasteiger partial charge < -0.3 is 29.7 Å². The lowest BCUT2D eigenvalue weighted by molar-refractivity contribution is -0.889. The van der Waals surface area contributed by atoms with Crippen molar-refractivity contribution in [2.24, 2.45) is 0 Å². The molecule has 2 rings (SSSR count). The van der Waals surface area contributed by atoms with Crippen LogP contribution >= 0.6 is 0 Å². The van der Waals surface area contributed by atoms with Crippen LogP contribution in [0.15, 0.2) is 29.5 Å². The maximum absolute atomic E-state index is 12.5. The van der Waals surface area contributed by atoms with Crippen molar-refractivity contribution in [1.82, 2.24) is 10.6 Å². The van der Waals surface area contributed by atoms with Crippen molar-refractivity contribution < 1.29 is 28.7 Å². The summed E-state index contributed by atoms with van der Waals surface area (Å²) >= 11 is 0. The van der Waals surface area contributed by atoms with E-state index in [4.69, 9.17) is 14.2 Å². The zero-order chi connectivity index (χ0) is 21.4. The second-order valence-electron chi connectivity index (χ2n) is 6.90. The summed E-state index contributed by atoms with van der Waals surface area (Å²) < 4.78 is 16.2. The van der Waals surface area contributed by atoms with Crippen LogP contribution in [0.4, 0.5) is 4.79 Å². The molecular formula is C21H32N3O5+. The Morgan fingerprint density at radius 1 is 1.14 bits per heavy atom. The van der Waals surface area contributed by atoms with E-state index in [0.29, 0.717) is 48.9 Å². The number of urea groups is 1. The summed E-state index contributed by atoms with van der Waals surface area (Å²) in [5.41, 5.74) is 2.17. The van der Waals surface area contributed by atoms with Crippen LogP contribution in [0.5, 0.6) is 11.5 Å². The van der Waals surface area contributed by atoms with E-state index in [-0.39, 0.29) is 18.7 Å². The zero-order valence-corrected chi connectivity index (χ0v) is 17.9. The first kappa shape index (κ1) is 22.5. The molecule has 0 radical (unpaired) electrons. The van der Waals surface area contributed by atoms with Gasteiger partial charge in [-0.15, -0.1) is 0 Å². The molecule has 1 aromatic rings. The molecule has 0 spiro atoms. The number of carbonyl (C=O) groups excluding carboxylic acids is 2. The number of likely N-dealkylation sites (N-methyl/N-ethyl adjacent to an activating group) is 1. The second kappa shape index (κ2) is 10.7. The summed E-state index contributed by atoms with van der Waals surface area (Å²) in [5, 5.41) is 5.59. The monoisotopic (exact) mass is 406 g/mol. The van der Waals surface area contributed by atoms with Gasteiger partial charge in [-0.05, 0) is 38.5 Å². The minimum absolute atomic E-state index is 0.286. The molecule has 0 saturated carbocycles. The molecule has 1 heterocycles. The molecule has 29 heavy (non-hydrogen) atoms. The quantitative estimate of drug-likeness (QED) is 0.505. The topological polar surface area (TPSA) is 90.3 Å². The molecule has 2 atom stereocenters. The molecule has 1 unspecified atom stereocenters. The largest absolute Gasteiger partial charge is 0.493 e. The standard InChI is InChI=1S/C21H31N3O5/c1-6-15-19(20(25)29-8-3)16(23-21(26)22-15)13-24(4)12-14-9-10-17(28-7-2)18(11-14)27-5/h9-11,15H,6-8,12-13H2,1-5H3,(H2,22,23,26)/p+1/t15-/m0/s1. The molecule has 1 aromatic carbocycles. The van der Waals surface area contributed by atoms with Crippen molar-refractivity contribution in [2.75, 3.05) is 33.9 Å². The van der Waals surface area contributed by atoms with Crippen LogP contribution in [0.2, 0.25) is 0 Å². The van der Waals surface area contributed by atoms with Gasteiger partial charge in [-0.3, -0.25) is 0 Å². The Balaban J connectivity index is 2.20. The number of esters is 1. The van der Waals surface area contributed by atoms with E-state index in [2.05, 4.69) is 10.6 Å². The van der Waals surface area contributed by atoms with Gasteiger partial charge in [0.05, 0.1) is 44.7 Å². The molecule has 8 heteroatoms. The molecule has 2 amide bonds.